The Kier molecular flexibility index (Phi) is 3.31. The maximum Gasteiger partial charge on any atom is 0.150 e. The van der Waals surface area contributed by atoms with Crippen molar-refractivity contribution < 1.29 is 25.2 Å². The molecule has 0 spiro atoms. The van der Waals surface area contributed by atoms with Gasteiger partial charge in [-0.15, -0.1) is 0 Å². The second kappa shape index (κ2) is 5.02. The van der Waals surface area contributed by atoms with E-state index in [2.05, 4.69) is 0 Å². The first-order valence-corrected chi connectivity index (χ1v) is 6.71. The van der Waals surface area contributed by atoms with Crippen molar-refractivity contribution in [2.75, 3.05) is 0 Å². The Morgan fingerprint density at radius 3 is 2.52 bits per heavy atom. The van der Waals surface area contributed by atoms with E-state index in [-0.39, 0.29) is 28.7 Å². The number of rotatable bonds is 1. The number of hydrogen-bond acceptors (Lipinski definition) is 5. The summed E-state index contributed by atoms with van der Waals surface area (Å²) < 4.78 is 5.68. The van der Waals surface area contributed by atoms with Crippen LogP contribution >= 0.6 is 11.6 Å². The summed E-state index contributed by atoms with van der Waals surface area (Å²) in [6.07, 6.45) is -1.39. The molecular weight excluding hydrogens is 296 g/mol. The molecule has 0 fully saturated rings. The van der Waals surface area contributed by atoms with E-state index >= 15 is 0 Å². The molecule has 3 rings (SSSR count). The maximum atomic E-state index is 10.2. The molecule has 1 aliphatic rings. The van der Waals surface area contributed by atoms with Crippen molar-refractivity contribution in [1.82, 2.24) is 0 Å². The molecule has 2 aromatic carbocycles. The van der Waals surface area contributed by atoms with Crippen molar-refractivity contribution in [3.63, 3.8) is 0 Å². The first-order chi connectivity index (χ1) is 9.95. The third-order valence-corrected chi connectivity index (χ3v) is 3.79. The van der Waals surface area contributed by atoms with Crippen molar-refractivity contribution >= 4 is 11.6 Å². The summed E-state index contributed by atoms with van der Waals surface area (Å²) in [4.78, 5) is 0. The highest BCUT2D eigenvalue weighted by Gasteiger charge is 2.32. The average molecular weight is 309 g/mol. The molecule has 0 saturated heterocycles. The lowest BCUT2D eigenvalue weighted by Gasteiger charge is -2.31. The van der Waals surface area contributed by atoms with Gasteiger partial charge in [-0.1, -0.05) is 17.7 Å². The zero-order valence-corrected chi connectivity index (χ0v) is 11.6. The molecular formula is C15H13ClO5. The van der Waals surface area contributed by atoms with Gasteiger partial charge in [-0.25, -0.2) is 0 Å². The van der Waals surface area contributed by atoms with Crippen LogP contribution in [0.15, 0.2) is 30.3 Å². The lowest BCUT2D eigenvalue weighted by atomic mass is 9.94. The van der Waals surface area contributed by atoms with E-state index in [4.69, 9.17) is 16.3 Å². The highest BCUT2D eigenvalue weighted by atomic mass is 35.5. The summed E-state index contributed by atoms with van der Waals surface area (Å²) >= 11 is 5.86. The molecule has 2 atom stereocenters. The van der Waals surface area contributed by atoms with Crippen LogP contribution in [0.4, 0.5) is 0 Å². The number of aromatic hydroxyl groups is 3. The number of ether oxygens (including phenoxy) is 1. The molecule has 0 aliphatic carbocycles. The zero-order chi connectivity index (χ0) is 15.1. The van der Waals surface area contributed by atoms with Gasteiger partial charge in [-0.2, -0.15) is 0 Å². The summed E-state index contributed by atoms with van der Waals surface area (Å²) in [6, 6.07) is 7.12. The number of fused-ring (bicyclic) bond motifs is 1. The fraction of sp³-hybridized carbons (Fsp3) is 0.200. The summed E-state index contributed by atoms with van der Waals surface area (Å²) in [5, 5.41) is 39.1. The smallest absolute Gasteiger partial charge is 0.150 e. The van der Waals surface area contributed by atoms with Crippen LogP contribution in [0.1, 0.15) is 17.2 Å². The van der Waals surface area contributed by atoms with Gasteiger partial charge in [0.05, 0.1) is 11.1 Å². The molecule has 6 heteroatoms. The number of benzene rings is 2. The molecule has 0 aromatic heterocycles. The number of aliphatic hydroxyl groups is 1. The monoisotopic (exact) mass is 308 g/mol. The molecule has 2 aromatic rings. The van der Waals surface area contributed by atoms with Gasteiger partial charge in [0.15, 0.2) is 0 Å². The maximum absolute atomic E-state index is 10.2. The van der Waals surface area contributed by atoms with Gasteiger partial charge in [-0.3, -0.25) is 0 Å². The van der Waals surface area contributed by atoms with Crippen molar-refractivity contribution in [2.45, 2.75) is 18.6 Å². The van der Waals surface area contributed by atoms with Crippen molar-refractivity contribution in [1.29, 1.82) is 0 Å². The van der Waals surface area contributed by atoms with Crippen LogP contribution < -0.4 is 4.74 Å². The van der Waals surface area contributed by atoms with Crippen molar-refractivity contribution in [3.8, 4) is 23.0 Å². The zero-order valence-electron chi connectivity index (χ0n) is 10.8. The third-order valence-electron chi connectivity index (χ3n) is 3.49. The average Bonchev–Trinajstić information content (AvgIpc) is 2.42. The number of aliphatic hydroxyl groups excluding tert-OH is 1. The molecule has 5 nitrogen and oxygen atoms in total. The van der Waals surface area contributed by atoms with Crippen LogP contribution in [0.5, 0.6) is 23.0 Å². The number of hydrogen-bond donors (Lipinski definition) is 4. The molecule has 21 heavy (non-hydrogen) atoms. The minimum atomic E-state index is -0.881. The van der Waals surface area contributed by atoms with Crippen LogP contribution in [-0.2, 0) is 6.42 Å². The van der Waals surface area contributed by atoms with Crippen LogP contribution in [-0.4, -0.2) is 26.5 Å². The SMILES string of the molecule is Oc1cc(O)c2c(c1)O[C@H](c1ccc(O)c(Cl)c1)[C@H](O)C2. The van der Waals surface area contributed by atoms with E-state index in [1.165, 1.54) is 24.3 Å². The van der Waals surface area contributed by atoms with Crippen molar-refractivity contribution in [3.05, 3.63) is 46.5 Å². The van der Waals surface area contributed by atoms with E-state index in [1.54, 1.807) is 6.07 Å². The third kappa shape index (κ3) is 2.46. The molecule has 0 saturated carbocycles. The fourth-order valence-electron chi connectivity index (χ4n) is 2.45. The molecule has 0 radical (unpaired) electrons. The topological polar surface area (TPSA) is 90.2 Å². The molecule has 0 amide bonds. The largest absolute Gasteiger partial charge is 0.508 e. The van der Waals surface area contributed by atoms with E-state index in [0.717, 1.165) is 0 Å². The Morgan fingerprint density at radius 2 is 1.81 bits per heavy atom. The minimum absolute atomic E-state index is 0.0543. The Balaban J connectivity index is 2.00. The first-order valence-electron chi connectivity index (χ1n) is 6.33. The minimum Gasteiger partial charge on any atom is -0.508 e. The predicted molar refractivity (Wildman–Crippen MR) is 76.0 cm³/mol. The van der Waals surface area contributed by atoms with Crippen LogP contribution in [0.25, 0.3) is 0 Å². The number of phenols is 3. The van der Waals surface area contributed by atoms with E-state index < -0.39 is 12.2 Å². The molecule has 110 valence electrons. The van der Waals surface area contributed by atoms with Crippen LogP contribution in [0.2, 0.25) is 5.02 Å². The lowest BCUT2D eigenvalue weighted by molar-refractivity contribution is 0.0198. The van der Waals surface area contributed by atoms with Crippen LogP contribution in [0.3, 0.4) is 0 Å². The number of halogens is 1. The highest BCUT2D eigenvalue weighted by Crippen LogP contribution is 2.42. The van der Waals surface area contributed by atoms with Gasteiger partial charge in [-0.05, 0) is 17.7 Å². The first kappa shape index (κ1) is 13.9. The Labute approximate surface area is 125 Å². The second-order valence-electron chi connectivity index (χ2n) is 4.96. The summed E-state index contributed by atoms with van der Waals surface area (Å²) in [5.41, 5.74) is 1.04. The summed E-state index contributed by atoms with van der Waals surface area (Å²) in [5.74, 6) is 0.0183. The Morgan fingerprint density at radius 1 is 1.05 bits per heavy atom. The predicted octanol–water partition coefficient (Wildman–Crippen LogP) is 2.49. The fourth-order valence-corrected chi connectivity index (χ4v) is 2.64. The highest BCUT2D eigenvalue weighted by molar-refractivity contribution is 6.32. The molecule has 1 heterocycles. The van der Waals surface area contributed by atoms with Crippen LogP contribution in [0, 0.1) is 0 Å². The summed E-state index contributed by atoms with van der Waals surface area (Å²) in [7, 11) is 0. The number of phenolic OH excluding ortho intramolecular Hbond substituents is 3. The summed E-state index contributed by atoms with van der Waals surface area (Å²) in [6.45, 7) is 0. The Hall–Kier alpha value is -2.11. The standard InChI is InChI=1S/C15H13ClO5/c16-10-3-7(1-2-11(10)18)15-13(20)6-9-12(19)4-8(17)5-14(9)21-15/h1-5,13,15,17-20H,6H2/t13-,15-/m1/s1. The van der Waals surface area contributed by atoms with Gasteiger partial charge in [0.2, 0.25) is 0 Å². The van der Waals surface area contributed by atoms with Gasteiger partial charge in [0.25, 0.3) is 0 Å². The molecule has 4 N–H and O–H groups in total. The van der Waals surface area contributed by atoms with E-state index in [9.17, 15) is 20.4 Å². The lowest BCUT2D eigenvalue weighted by Crippen LogP contribution is -2.30. The molecule has 0 bridgehead atoms. The van der Waals surface area contributed by atoms with E-state index in [0.29, 0.717) is 16.9 Å². The van der Waals surface area contributed by atoms with Gasteiger partial charge < -0.3 is 25.2 Å². The normalized spacial score (nSPS) is 20.7. The van der Waals surface area contributed by atoms with Gasteiger partial charge >= 0.3 is 0 Å². The van der Waals surface area contributed by atoms with Gasteiger partial charge in [0, 0.05) is 24.1 Å². The second-order valence-corrected chi connectivity index (χ2v) is 5.37. The Bertz CT molecular complexity index is 701. The van der Waals surface area contributed by atoms with E-state index in [1.807, 2.05) is 0 Å². The molecule has 1 aliphatic heterocycles. The van der Waals surface area contributed by atoms with Crippen molar-refractivity contribution in [2.24, 2.45) is 0 Å². The van der Waals surface area contributed by atoms with Gasteiger partial charge in [0.1, 0.15) is 29.1 Å². The quantitative estimate of drug-likeness (QED) is 0.650. The molecule has 0 unspecified atom stereocenters.